The minimum Gasteiger partial charge on any atom is -0.476 e. The summed E-state index contributed by atoms with van der Waals surface area (Å²) in [6, 6.07) is 6.01. The van der Waals surface area contributed by atoms with Gasteiger partial charge >= 0.3 is 5.97 Å². The molecular formula is C21H17ClFN5O3. The number of benzene rings is 1. The number of hydrogen-bond acceptors (Lipinski definition) is 5. The molecule has 1 aromatic carbocycles. The van der Waals surface area contributed by atoms with E-state index in [9.17, 15) is 14.0 Å². The normalized spacial score (nSPS) is 10.3. The van der Waals surface area contributed by atoms with E-state index >= 15 is 0 Å². The number of carbonyl (C=O) groups excluding carboxylic acids is 1. The molecule has 8 nitrogen and oxygen atoms in total. The number of nitrogens with one attached hydrogen (secondary N) is 1. The molecule has 1 amide bonds. The molecule has 0 unspecified atom stereocenters. The summed E-state index contributed by atoms with van der Waals surface area (Å²) in [6.45, 7) is 0. The second-order valence-electron chi connectivity index (χ2n) is 6.58. The Balaban J connectivity index is 0.000000491. The zero-order valence-corrected chi connectivity index (χ0v) is 17.3. The van der Waals surface area contributed by atoms with Crippen molar-refractivity contribution in [3.8, 4) is 22.4 Å². The first-order chi connectivity index (χ1) is 14.8. The van der Waals surface area contributed by atoms with Crippen LogP contribution in [0.2, 0.25) is 5.02 Å². The number of aromatic amines is 1. The largest absolute Gasteiger partial charge is 0.476 e. The van der Waals surface area contributed by atoms with Gasteiger partial charge in [-0.3, -0.25) is 9.78 Å². The summed E-state index contributed by atoms with van der Waals surface area (Å²) in [4.78, 5) is 37.3. The number of aromatic carboxylic acids is 1. The lowest BCUT2D eigenvalue weighted by Gasteiger charge is -2.07. The lowest BCUT2D eigenvalue weighted by atomic mass is 10.0. The van der Waals surface area contributed by atoms with Crippen molar-refractivity contribution in [1.82, 2.24) is 24.8 Å². The maximum absolute atomic E-state index is 13.2. The van der Waals surface area contributed by atoms with Crippen molar-refractivity contribution in [3.05, 3.63) is 65.6 Å². The summed E-state index contributed by atoms with van der Waals surface area (Å²) < 4.78 is 13.2. The number of amides is 1. The van der Waals surface area contributed by atoms with Gasteiger partial charge in [-0.15, -0.1) is 0 Å². The predicted molar refractivity (Wildman–Crippen MR) is 114 cm³/mol. The number of pyridine rings is 1. The Kier molecular flexibility index (Phi) is 6.56. The van der Waals surface area contributed by atoms with E-state index < -0.39 is 5.97 Å². The zero-order valence-electron chi connectivity index (χ0n) is 16.5. The molecular weight excluding hydrogens is 425 g/mol. The summed E-state index contributed by atoms with van der Waals surface area (Å²) in [5, 5.41) is 10.1. The van der Waals surface area contributed by atoms with Gasteiger partial charge in [0.15, 0.2) is 5.69 Å². The Labute approximate surface area is 181 Å². The van der Waals surface area contributed by atoms with Gasteiger partial charge in [-0.25, -0.2) is 19.2 Å². The summed E-state index contributed by atoms with van der Waals surface area (Å²) in [6.07, 6.45) is 6.57. The molecule has 10 heteroatoms. The fourth-order valence-electron chi connectivity index (χ4n) is 2.69. The molecule has 2 N–H and O–H groups in total. The van der Waals surface area contributed by atoms with Crippen molar-refractivity contribution in [2.75, 3.05) is 14.1 Å². The van der Waals surface area contributed by atoms with Crippen LogP contribution in [0.5, 0.6) is 0 Å². The minimum atomic E-state index is -1.18. The van der Waals surface area contributed by atoms with Crippen LogP contribution in [0.15, 0.2) is 49.1 Å². The smallest absolute Gasteiger partial charge is 0.356 e. The first-order valence-corrected chi connectivity index (χ1v) is 9.28. The third kappa shape index (κ3) is 4.84. The Morgan fingerprint density at radius 2 is 1.84 bits per heavy atom. The van der Waals surface area contributed by atoms with E-state index in [1.54, 1.807) is 32.4 Å². The van der Waals surface area contributed by atoms with Crippen molar-refractivity contribution >= 4 is 35.0 Å². The molecule has 0 saturated carbocycles. The molecule has 3 heterocycles. The monoisotopic (exact) mass is 441 g/mol. The van der Waals surface area contributed by atoms with Crippen molar-refractivity contribution in [2.24, 2.45) is 0 Å². The molecule has 0 fully saturated rings. The van der Waals surface area contributed by atoms with Crippen LogP contribution in [-0.2, 0) is 4.79 Å². The molecule has 0 atom stereocenters. The average Bonchev–Trinajstić information content (AvgIpc) is 3.20. The molecule has 0 aliphatic rings. The quantitative estimate of drug-likeness (QED) is 0.465. The van der Waals surface area contributed by atoms with Crippen LogP contribution in [0.1, 0.15) is 10.5 Å². The van der Waals surface area contributed by atoms with Gasteiger partial charge in [0.05, 0.1) is 23.1 Å². The SMILES string of the molecule is CN(C)C=O.O=C(O)c1cncc(-c2cnc3[nH]cc(-c4ccc(F)cc4)c3c2Cl)n1. The highest BCUT2D eigenvalue weighted by molar-refractivity contribution is 6.39. The fourth-order valence-corrected chi connectivity index (χ4v) is 3.03. The molecule has 4 rings (SSSR count). The van der Waals surface area contributed by atoms with Crippen LogP contribution in [0.25, 0.3) is 33.4 Å². The van der Waals surface area contributed by atoms with Crippen molar-refractivity contribution < 1.29 is 19.1 Å². The lowest BCUT2D eigenvalue weighted by molar-refractivity contribution is -0.115. The predicted octanol–water partition coefficient (Wildman–Crippen LogP) is 3.88. The highest BCUT2D eigenvalue weighted by atomic mass is 35.5. The maximum Gasteiger partial charge on any atom is 0.356 e. The maximum atomic E-state index is 13.2. The molecule has 0 aliphatic heterocycles. The van der Waals surface area contributed by atoms with Gasteiger partial charge in [0.25, 0.3) is 0 Å². The third-order valence-electron chi connectivity index (χ3n) is 4.13. The first-order valence-electron chi connectivity index (χ1n) is 8.90. The number of carboxylic acid groups (broad SMARTS) is 1. The standard InChI is InChI=1S/C18H10ClFN4O2.C3H7NO/c19-16-12(13-7-21-8-14(24-13)18(25)26)6-23-17-15(16)11(5-22-17)9-1-3-10(20)4-2-9;1-4(2)3-5/h1-8H,(H,22,23)(H,25,26);3H,1-2H3. The molecule has 0 bridgehead atoms. The summed E-state index contributed by atoms with van der Waals surface area (Å²) in [7, 11) is 3.38. The number of H-pyrrole nitrogens is 1. The Morgan fingerprint density at radius 3 is 2.45 bits per heavy atom. The van der Waals surface area contributed by atoms with E-state index in [4.69, 9.17) is 16.7 Å². The zero-order chi connectivity index (χ0) is 22.5. The van der Waals surface area contributed by atoms with Crippen LogP contribution in [-0.4, -0.2) is 56.4 Å². The Morgan fingerprint density at radius 1 is 1.16 bits per heavy atom. The van der Waals surface area contributed by atoms with E-state index in [2.05, 4.69) is 19.9 Å². The van der Waals surface area contributed by atoms with Gasteiger partial charge in [0.2, 0.25) is 6.41 Å². The van der Waals surface area contributed by atoms with Crippen LogP contribution in [0.4, 0.5) is 4.39 Å². The number of carboxylic acids is 1. The topological polar surface area (TPSA) is 112 Å². The van der Waals surface area contributed by atoms with Crippen molar-refractivity contribution in [3.63, 3.8) is 0 Å². The first kappa shape index (κ1) is 21.8. The summed E-state index contributed by atoms with van der Waals surface area (Å²) in [5.74, 6) is -1.52. The fraction of sp³-hybridized carbons (Fsp3) is 0.0952. The summed E-state index contributed by atoms with van der Waals surface area (Å²) >= 11 is 6.59. The van der Waals surface area contributed by atoms with Crippen molar-refractivity contribution in [2.45, 2.75) is 0 Å². The molecule has 3 aromatic heterocycles. The van der Waals surface area contributed by atoms with Crippen LogP contribution >= 0.6 is 11.6 Å². The van der Waals surface area contributed by atoms with E-state index in [0.717, 1.165) is 23.7 Å². The molecule has 158 valence electrons. The third-order valence-corrected chi connectivity index (χ3v) is 4.53. The number of halogens is 2. The van der Waals surface area contributed by atoms with Crippen LogP contribution < -0.4 is 0 Å². The average molecular weight is 442 g/mol. The molecule has 4 aromatic rings. The molecule has 31 heavy (non-hydrogen) atoms. The number of aromatic nitrogens is 4. The van der Waals surface area contributed by atoms with Gasteiger partial charge in [-0.2, -0.15) is 0 Å². The molecule has 0 saturated heterocycles. The van der Waals surface area contributed by atoms with E-state index in [1.165, 1.54) is 29.4 Å². The highest BCUT2D eigenvalue weighted by Crippen LogP contribution is 2.38. The van der Waals surface area contributed by atoms with Crippen LogP contribution in [0.3, 0.4) is 0 Å². The number of carbonyl (C=O) groups is 2. The van der Waals surface area contributed by atoms with Crippen molar-refractivity contribution in [1.29, 1.82) is 0 Å². The summed E-state index contributed by atoms with van der Waals surface area (Å²) in [5.41, 5.74) is 2.64. The molecule has 0 aliphatic carbocycles. The molecule has 0 radical (unpaired) electrons. The van der Waals surface area contributed by atoms with Gasteiger partial charge in [-0.1, -0.05) is 23.7 Å². The van der Waals surface area contributed by atoms with Gasteiger partial charge < -0.3 is 15.0 Å². The van der Waals surface area contributed by atoms with Gasteiger partial charge in [-0.05, 0) is 17.7 Å². The molecule has 0 spiro atoms. The minimum absolute atomic E-state index is 0.188. The number of hydrogen-bond donors (Lipinski definition) is 2. The van der Waals surface area contributed by atoms with E-state index in [1.807, 2.05) is 0 Å². The Hall–Kier alpha value is -3.85. The second-order valence-corrected chi connectivity index (χ2v) is 6.96. The van der Waals surface area contributed by atoms with Crippen LogP contribution in [0, 0.1) is 5.82 Å². The number of fused-ring (bicyclic) bond motifs is 1. The highest BCUT2D eigenvalue weighted by Gasteiger charge is 2.17. The lowest BCUT2D eigenvalue weighted by Crippen LogP contribution is -2.06. The number of nitrogens with zero attached hydrogens (tertiary/aromatic N) is 4. The van der Waals surface area contributed by atoms with E-state index in [0.29, 0.717) is 27.3 Å². The van der Waals surface area contributed by atoms with Gasteiger partial charge in [0, 0.05) is 43.0 Å². The Bertz CT molecular complexity index is 1240. The van der Waals surface area contributed by atoms with E-state index in [-0.39, 0.29) is 11.5 Å². The second kappa shape index (κ2) is 9.31. The van der Waals surface area contributed by atoms with Gasteiger partial charge in [0.1, 0.15) is 11.5 Å². The number of rotatable bonds is 4.